The summed E-state index contributed by atoms with van der Waals surface area (Å²) in [5.74, 6) is 1.38. The van der Waals surface area contributed by atoms with Crippen LogP contribution in [0.1, 0.15) is 6.92 Å². The topological polar surface area (TPSA) is 70.2 Å². The van der Waals surface area contributed by atoms with E-state index in [1.165, 1.54) is 0 Å². The van der Waals surface area contributed by atoms with Crippen molar-refractivity contribution in [3.8, 4) is 0 Å². The molecule has 1 unspecified atom stereocenters. The number of carbonyl (C=O) groups is 1. The third-order valence-electron chi connectivity index (χ3n) is 2.66. The van der Waals surface area contributed by atoms with Gasteiger partial charge in [-0.25, -0.2) is 4.98 Å². The Morgan fingerprint density at radius 3 is 3.19 bits per heavy atom. The molecule has 1 aliphatic heterocycles. The van der Waals surface area contributed by atoms with Crippen molar-refractivity contribution in [3.63, 3.8) is 0 Å². The van der Waals surface area contributed by atoms with Gasteiger partial charge in [-0.05, 0) is 13.0 Å². The van der Waals surface area contributed by atoms with Gasteiger partial charge in [0.15, 0.2) is 0 Å². The summed E-state index contributed by atoms with van der Waals surface area (Å²) in [4.78, 5) is 21.9. The smallest absolute Gasteiger partial charge is 0.242 e. The van der Waals surface area contributed by atoms with Gasteiger partial charge in [-0.3, -0.25) is 4.79 Å². The molecule has 0 saturated carbocycles. The highest BCUT2D eigenvalue weighted by Gasteiger charge is 2.26. The van der Waals surface area contributed by atoms with Gasteiger partial charge in [0.25, 0.3) is 0 Å². The average Bonchev–Trinajstić information content (AvgIpc) is 2.33. The minimum atomic E-state index is -0.187. The van der Waals surface area contributed by atoms with E-state index < -0.39 is 0 Å². The van der Waals surface area contributed by atoms with Crippen molar-refractivity contribution in [1.29, 1.82) is 0 Å². The van der Waals surface area contributed by atoms with Crippen LogP contribution in [0, 0.1) is 0 Å². The predicted octanol–water partition coefficient (Wildman–Crippen LogP) is -0.157. The first-order valence-electron chi connectivity index (χ1n) is 5.27. The molecule has 0 aromatic carbocycles. The van der Waals surface area contributed by atoms with Gasteiger partial charge in [0.2, 0.25) is 11.9 Å². The number of anilines is 2. The van der Waals surface area contributed by atoms with Crippen molar-refractivity contribution in [1.82, 2.24) is 15.3 Å². The van der Waals surface area contributed by atoms with Crippen LogP contribution in [0.4, 0.5) is 11.8 Å². The SMILES string of the molecule is CNc1nccc(N2CCNC(=O)C2C)n1. The monoisotopic (exact) mass is 221 g/mol. The molecule has 2 heterocycles. The van der Waals surface area contributed by atoms with E-state index in [2.05, 4.69) is 20.6 Å². The lowest BCUT2D eigenvalue weighted by Crippen LogP contribution is -2.54. The van der Waals surface area contributed by atoms with Gasteiger partial charge in [-0.2, -0.15) is 4.98 Å². The maximum Gasteiger partial charge on any atom is 0.242 e. The molecule has 1 fully saturated rings. The number of carbonyl (C=O) groups excluding carboxylic acids is 1. The average molecular weight is 221 g/mol. The third-order valence-corrected chi connectivity index (χ3v) is 2.66. The van der Waals surface area contributed by atoms with Gasteiger partial charge in [0.1, 0.15) is 11.9 Å². The molecule has 6 nitrogen and oxygen atoms in total. The number of piperazine rings is 1. The maximum absolute atomic E-state index is 11.5. The van der Waals surface area contributed by atoms with Crippen LogP contribution in [0.2, 0.25) is 0 Å². The Morgan fingerprint density at radius 2 is 2.44 bits per heavy atom. The number of nitrogens with zero attached hydrogens (tertiary/aromatic N) is 3. The normalized spacial score (nSPS) is 20.5. The van der Waals surface area contributed by atoms with Crippen molar-refractivity contribution < 1.29 is 4.79 Å². The molecule has 1 amide bonds. The number of hydrogen-bond donors (Lipinski definition) is 2. The minimum Gasteiger partial charge on any atom is -0.357 e. The fourth-order valence-electron chi connectivity index (χ4n) is 1.72. The molecule has 2 N–H and O–H groups in total. The molecule has 16 heavy (non-hydrogen) atoms. The van der Waals surface area contributed by atoms with Crippen LogP contribution in [0.15, 0.2) is 12.3 Å². The van der Waals surface area contributed by atoms with Gasteiger partial charge in [-0.1, -0.05) is 0 Å². The summed E-state index contributed by atoms with van der Waals surface area (Å²) in [6, 6.07) is 1.63. The second-order valence-corrected chi connectivity index (χ2v) is 3.65. The Hall–Kier alpha value is -1.85. The molecule has 0 aliphatic carbocycles. The molecule has 0 bridgehead atoms. The zero-order valence-electron chi connectivity index (χ0n) is 9.40. The van der Waals surface area contributed by atoms with Crippen molar-refractivity contribution in [3.05, 3.63) is 12.3 Å². The molecule has 1 aromatic heterocycles. The van der Waals surface area contributed by atoms with Crippen LogP contribution in [0.3, 0.4) is 0 Å². The molecule has 1 atom stereocenters. The highest BCUT2D eigenvalue weighted by atomic mass is 16.2. The van der Waals surface area contributed by atoms with Crippen molar-refractivity contribution in [2.24, 2.45) is 0 Å². The minimum absolute atomic E-state index is 0.0378. The molecule has 6 heteroatoms. The Kier molecular flexibility index (Phi) is 2.89. The quantitative estimate of drug-likeness (QED) is 0.726. The lowest BCUT2D eigenvalue weighted by atomic mass is 10.2. The Labute approximate surface area is 94.1 Å². The molecular formula is C10H15N5O. The van der Waals surface area contributed by atoms with E-state index in [1.807, 2.05) is 17.9 Å². The molecule has 86 valence electrons. The largest absolute Gasteiger partial charge is 0.357 e. The summed E-state index contributed by atoms with van der Waals surface area (Å²) in [7, 11) is 1.77. The van der Waals surface area contributed by atoms with Crippen LogP contribution in [0.5, 0.6) is 0 Å². The lowest BCUT2D eigenvalue weighted by molar-refractivity contribution is -0.122. The summed E-state index contributed by atoms with van der Waals surface area (Å²) in [6.07, 6.45) is 1.69. The van der Waals surface area contributed by atoms with Crippen LogP contribution in [0.25, 0.3) is 0 Å². The van der Waals surface area contributed by atoms with Gasteiger partial charge >= 0.3 is 0 Å². The molecular weight excluding hydrogens is 206 g/mol. The number of rotatable bonds is 2. The summed E-state index contributed by atoms with van der Waals surface area (Å²) in [5, 5.41) is 5.70. The van der Waals surface area contributed by atoms with Crippen LogP contribution in [-0.4, -0.2) is 42.1 Å². The standard InChI is InChI=1S/C10H15N5O/c1-7-9(16)12-5-6-15(7)8-3-4-13-10(11-2)14-8/h3-4,7H,5-6H2,1-2H3,(H,12,16)(H,11,13,14). The fourth-order valence-corrected chi connectivity index (χ4v) is 1.72. The number of aromatic nitrogens is 2. The predicted molar refractivity (Wildman–Crippen MR) is 61.4 cm³/mol. The van der Waals surface area contributed by atoms with E-state index >= 15 is 0 Å². The van der Waals surface area contributed by atoms with Crippen LogP contribution < -0.4 is 15.5 Å². The van der Waals surface area contributed by atoms with Crippen molar-refractivity contribution in [2.75, 3.05) is 30.4 Å². The second-order valence-electron chi connectivity index (χ2n) is 3.65. The van der Waals surface area contributed by atoms with E-state index in [1.54, 1.807) is 13.2 Å². The van der Waals surface area contributed by atoms with Crippen LogP contribution in [-0.2, 0) is 4.79 Å². The van der Waals surface area contributed by atoms with E-state index in [0.29, 0.717) is 12.5 Å². The summed E-state index contributed by atoms with van der Waals surface area (Å²) in [5.41, 5.74) is 0. The first kappa shape index (κ1) is 10.7. The summed E-state index contributed by atoms with van der Waals surface area (Å²) >= 11 is 0. The number of amides is 1. The molecule has 0 spiro atoms. The lowest BCUT2D eigenvalue weighted by Gasteiger charge is -2.33. The van der Waals surface area contributed by atoms with Crippen molar-refractivity contribution in [2.45, 2.75) is 13.0 Å². The molecule has 1 aromatic rings. The highest BCUT2D eigenvalue weighted by molar-refractivity contribution is 5.85. The van der Waals surface area contributed by atoms with E-state index in [0.717, 1.165) is 12.4 Å². The first-order chi connectivity index (χ1) is 7.72. The molecule has 0 radical (unpaired) electrons. The van der Waals surface area contributed by atoms with Gasteiger partial charge in [0, 0.05) is 26.3 Å². The fraction of sp³-hybridized carbons (Fsp3) is 0.500. The zero-order valence-corrected chi connectivity index (χ0v) is 9.40. The maximum atomic E-state index is 11.5. The van der Waals surface area contributed by atoms with E-state index in [-0.39, 0.29) is 11.9 Å². The first-order valence-corrected chi connectivity index (χ1v) is 5.27. The van der Waals surface area contributed by atoms with Gasteiger partial charge in [0.05, 0.1) is 0 Å². The number of hydrogen-bond acceptors (Lipinski definition) is 5. The van der Waals surface area contributed by atoms with Gasteiger partial charge < -0.3 is 15.5 Å². The summed E-state index contributed by atoms with van der Waals surface area (Å²) in [6.45, 7) is 3.30. The Balaban J connectivity index is 2.25. The van der Waals surface area contributed by atoms with Gasteiger partial charge in [-0.15, -0.1) is 0 Å². The third kappa shape index (κ3) is 1.91. The molecule has 2 rings (SSSR count). The van der Waals surface area contributed by atoms with Crippen molar-refractivity contribution >= 4 is 17.7 Å². The molecule has 1 saturated heterocycles. The second kappa shape index (κ2) is 4.34. The Bertz CT molecular complexity index is 395. The van der Waals surface area contributed by atoms with E-state index in [4.69, 9.17) is 0 Å². The highest BCUT2D eigenvalue weighted by Crippen LogP contribution is 2.16. The van der Waals surface area contributed by atoms with E-state index in [9.17, 15) is 4.79 Å². The molecule has 1 aliphatic rings. The van der Waals surface area contributed by atoms with Crippen LogP contribution >= 0.6 is 0 Å². The summed E-state index contributed by atoms with van der Waals surface area (Å²) < 4.78 is 0. The zero-order chi connectivity index (χ0) is 11.5. The Morgan fingerprint density at radius 1 is 1.62 bits per heavy atom. The number of nitrogens with one attached hydrogen (secondary N) is 2.